The van der Waals surface area contributed by atoms with E-state index in [9.17, 15) is 0 Å². The predicted molar refractivity (Wildman–Crippen MR) is 33.7 cm³/mol. The second-order valence-electron chi connectivity index (χ2n) is 2.08. The summed E-state index contributed by atoms with van der Waals surface area (Å²) in [6.45, 7) is 0. The molecule has 0 aromatic heterocycles. The molecule has 0 atom stereocenters. The molecule has 7 heteroatoms. The van der Waals surface area contributed by atoms with Crippen LogP contribution in [-0.2, 0) is 13.6 Å². The van der Waals surface area contributed by atoms with Gasteiger partial charge in [0, 0.05) is 0 Å². The number of hydrogen-bond donors (Lipinski definition) is 0. The van der Waals surface area contributed by atoms with Crippen LogP contribution in [0.15, 0.2) is 0 Å². The van der Waals surface area contributed by atoms with Gasteiger partial charge in [-0.3, -0.25) is 0 Å². The van der Waals surface area contributed by atoms with E-state index in [1.807, 2.05) is 0 Å². The van der Waals surface area contributed by atoms with Crippen LogP contribution in [0.1, 0.15) is 0 Å². The first kappa shape index (κ1) is 10.6. The van der Waals surface area contributed by atoms with Crippen molar-refractivity contribution in [3.8, 4) is 26.8 Å². The minimum atomic E-state index is -6.72. The number of hydrogen-bond acceptors (Lipinski definition) is 6. The van der Waals surface area contributed by atoms with E-state index >= 15 is 0 Å². The fourth-order valence-electron chi connectivity index (χ4n) is 0.306. The molecular weight excluding hydrogens is 252 g/mol. The Morgan fingerprint density at radius 1 is 0.462 bits per heavy atom. The van der Waals surface area contributed by atoms with Crippen molar-refractivity contribution in [1.29, 1.82) is 31.6 Å². The van der Waals surface area contributed by atoms with Crippen molar-refractivity contribution in [2.45, 2.75) is 0 Å². The monoisotopic (exact) mass is 254 g/mol. The Bertz CT molecular complexity index is 387. The zero-order valence-electron chi connectivity index (χ0n) is 6.09. The number of nitrogens with zero attached hydrogens (tertiary/aromatic N) is 6. The van der Waals surface area contributed by atoms with Gasteiger partial charge in [-0.15, -0.1) is 0 Å². The molecule has 0 saturated heterocycles. The van der Waals surface area contributed by atoms with Crippen LogP contribution >= 0.6 is 0 Å². The molecule has 13 heavy (non-hydrogen) atoms. The van der Waals surface area contributed by atoms with E-state index in [4.69, 9.17) is 31.6 Å². The van der Waals surface area contributed by atoms with Crippen LogP contribution in [0, 0.1) is 58.3 Å². The molecule has 6 nitrogen and oxygen atoms in total. The first-order chi connectivity index (χ1) is 5.97. The van der Waals surface area contributed by atoms with Gasteiger partial charge < -0.3 is 0 Å². The number of nitriles is 6. The van der Waals surface area contributed by atoms with Crippen molar-refractivity contribution in [2.75, 3.05) is 0 Å². The quantitative estimate of drug-likeness (QED) is 0.559. The third-order valence-electron chi connectivity index (χ3n) is 1.37. The van der Waals surface area contributed by atoms with E-state index < -0.39 is 13.6 Å². The molecule has 0 saturated carbocycles. The summed E-state index contributed by atoms with van der Waals surface area (Å²) in [5.41, 5.74) is 0. The van der Waals surface area contributed by atoms with Gasteiger partial charge in [0.25, 0.3) is 0 Å². The van der Waals surface area contributed by atoms with Gasteiger partial charge in [-0.2, -0.15) is 0 Å². The average molecular weight is 252 g/mol. The van der Waals surface area contributed by atoms with Gasteiger partial charge in [-0.25, -0.2) is 0 Å². The maximum absolute atomic E-state index is 8.60. The van der Waals surface area contributed by atoms with E-state index in [1.54, 1.807) is 0 Å². The Balaban J connectivity index is 6.92. The third kappa shape index (κ3) is 0.734. The van der Waals surface area contributed by atoms with Crippen LogP contribution in [0.25, 0.3) is 0 Å². The zero-order chi connectivity index (χ0) is 10.7. The molecule has 0 fully saturated rings. The Morgan fingerprint density at radius 3 is 0.615 bits per heavy atom. The van der Waals surface area contributed by atoms with Gasteiger partial charge in [0.2, 0.25) is 0 Å². The summed E-state index contributed by atoms with van der Waals surface area (Å²) >= 11 is -6.72. The third-order valence-corrected chi connectivity index (χ3v) is 8.10. The maximum atomic E-state index is 8.60. The molecule has 0 aromatic carbocycles. The fraction of sp³-hybridized carbons (Fsp3) is 0. The van der Waals surface area contributed by atoms with E-state index in [-0.39, 0.29) is 0 Å². The van der Waals surface area contributed by atoms with Crippen LogP contribution in [0.3, 0.4) is 0 Å². The summed E-state index contributed by atoms with van der Waals surface area (Å²) in [5.74, 6) is 0. The topological polar surface area (TPSA) is 143 Å². The molecule has 0 aliphatic rings. The summed E-state index contributed by atoms with van der Waals surface area (Å²) in [6, 6.07) is 0. The van der Waals surface area contributed by atoms with Gasteiger partial charge in [0.05, 0.1) is 0 Å². The standard InChI is InChI=1S/6CN.Mo/c6*1-2;. The molecule has 0 radical (unpaired) electrons. The van der Waals surface area contributed by atoms with Gasteiger partial charge in [0.1, 0.15) is 0 Å². The first-order valence-corrected chi connectivity index (χ1v) is 8.59. The van der Waals surface area contributed by atoms with E-state index in [0.717, 1.165) is 26.8 Å². The van der Waals surface area contributed by atoms with Crippen LogP contribution in [-0.4, -0.2) is 0 Å². The second kappa shape index (κ2) is 2.07. The predicted octanol–water partition coefficient (Wildman–Crippen LogP) is 0.0982. The second-order valence-corrected chi connectivity index (χ2v) is 12.3. The van der Waals surface area contributed by atoms with Crippen molar-refractivity contribution >= 4 is 0 Å². The molecule has 0 aliphatic heterocycles. The summed E-state index contributed by atoms with van der Waals surface area (Å²) in [4.78, 5) is 0. The van der Waals surface area contributed by atoms with Crippen molar-refractivity contribution in [3.63, 3.8) is 0 Å². The summed E-state index contributed by atoms with van der Waals surface area (Å²) < 4.78 is 6.45. The molecular formula is C6MoN6. The molecule has 60 valence electrons. The zero-order valence-corrected chi connectivity index (χ0v) is 8.10. The van der Waals surface area contributed by atoms with E-state index in [1.165, 1.54) is 0 Å². The summed E-state index contributed by atoms with van der Waals surface area (Å²) in [6.07, 6.45) is 0. The fourth-order valence-corrected chi connectivity index (χ4v) is 1.81. The summed E-state index contributed by atoms with van der Waals surface area (Å²) in [7, 11) is 0. The molecule has 0 heterocycles. The molecule has 0 spiro atoms. The Morgan fingerprint density at radius 2 is 0.615 bits per heavy atom. The molecule has 0 rings (SSSR count). The molecule has 0 N–H and O–H groups in total. The van der Waals surface area contributed by atoms with Gasteiger partial charge >= 0.3 is 71.9 Å². The van der Waals surface area contributed by atoms with Crippen molar-refractivity contribution in [1.82, 2.24) is 0 Å². The number of rotatable bonds is 0. The van der Waals surface area contributed by atoms with Crippen molar-refractivity contribution in [2.24, 2.45) is 0 Å². The molecule has 0 unspecified atom stereocenters. The van der Waals surface area contributed by atoms with Crippen LogP contribution in [0.4, 0.5) is 0 Å². The summed E-state index contributed by atoms with van der Waals surface area (Å²) in [5, 5.41) is 51.6. The molecule has 0 aromatic rings. The van der Waals surface area contributed by atoms with Crippen molar-refractivity contribution < 1.29 is 13.6 Å². The van der Waals surface area contributed by atoms with Gasteiger partial charge in [0.15, 0.2) is 0 Å². The Labute approximate surface area is 72.1 Å². The molecule has 0 bridgehead atoms. The van der Waals surface area contributed by atoms with Gasteiger partial charge in [-0.1, -0.05) is 0 Å². The molecule has 0 aliphatic carbocycles. The Hall–Kier alpha value is -2.37. The minimum absolute atomic E-state index is 1.07. The average Bonchev–Trinajstić information content (AvgIpc) is 2.26. The van der Waals surface area contributed by atoms with Gasteiger partial charge in [-0.05, 0) is 0 Å². The normalized spacial score (nSPS) is 13.4. The van der Waals surface area contributed by atoms with Crippen molar-refractivity contribution in [3.05, 3.63) is 0 Å². The van der Waals surface area contributed by atoms with Crippen LogP contribution < -0.4 is 0 Å². The Kier molecular flexibility index (Phi) is 1.69. The molecule has 0 amide bonds. The van der Waals surface area contributed by atoms with Crippen LogP contribution in [0.2, 0.25) is 0 Å². The van der Waals surface area contributed by atoms with E-state index in [2.05, 4.69) is 0 Å². The SMILES string of the molecule is N#[C][Mo]([C]#N)([C]#N)([C]#N)([C]#N)[C]#N. The first-order valence-electron chi connectivity index (χ1n) is 2.57. The van der Waals surface area contributed by atoms with E-state index in [0.29, 0.717) is 0 Å². The van der Waals surface area contributed by atoms with Crippen LogP contribution in [0.5, 0.6) is 0 Å².